The van der Waals surface area contributed by atoms with E-state index in [1.54, 1.807) is 0 Å². The van der Waals surface area contributed by atoms with Crippen molar-refractivity contribution in [1.82, 2.24) is 4.98 Å². The van der Waals surface area contributed by atoms with E-state index in [0.29, 0.717) is 34.0 Å². The van der Waals surface area contributed by atoms with Crippen molar-refractivity contribution < 1.29 is 14.6 Å². The summed E-state index contributed by atoms with van der Waals surface area (Å²) in [5.74, 6) is 0. The van der Waals surface area contributed by atoms with E-state index < -0.39 is 5.60 Å². The van der Waals surface area contributed by atoms with E-state index in [2.05, 4.69) is 25.4 Å². The zero-order chi connectivity index (χ0) is 17.1. The molecule has 1 aromatic heterocycles. The van der Waals surface area contributed by atoms with Crippen LogP contribution in [-0.2, 0) is 21.7 Å². The fourth-order valence-corrected chi connectivity index (χ4v) is 4.28. The Morgan fingerprint density at radius 2 is 2.09 bits per heavy atom. The van der Waals surface area contributed by atoms with Gasteiger partial charge in [-0.15, -0.1) is 11.3 Å². The largest absolute Gasteiger partial charge is 0.382 e. The lowest BCUT2D eigenvalue weighted by molar-refractivity contribution is -0.135. The zero-order valence-corrected chi connectivity index (χ0v) is 16.9. The van der Waals surface area contributed by atoms with Gasteiger partial charge < -0.3 is 14.6 Å². The van der Waals surface area contributed by atoms with E-state index in [4.69, 9.17) is 9.47 Å². The van der Waals surface area contributed by atoms with Crippen LogP contribution in [0, 0.1) is 0 Å². The Kier molecular flexibility index (Phi) is 6.41. The van der Waals surface area contributed by atoms with Crippen molar-refractivity contribution in [3.63, 3.8) is 0 Å². The molecule has 0 radical (unpaired) electrons. The summed E-state index contributed by atoms with van der Waals surface area (Å²) < 4.78 is 11.5. The number of ether oxygens (including phenoxy) is 2. The first-order chi connectivity index (χ1) is 10.7. The number of hydrogen-bond donors (Lipinski definition) is 1. The minimum absolute atomic E-state index is 0.0612. The molecule has 0 aromatic carbocycles. The van der Waals surface area contributed by atoms with Crippen molar-refractivity contribution >= 4 is 20.9 Å². The van der Waals surface area contributed by atoms with Crippen molar-refractivity contribution in [2.45, 2.75) is 83.0 Å². The summed E-state index contributed by atoms with van der Waals surface area (Å²) in [6.07, 6.45) is 2.43. The van der Waals surface area contributed by atoms with Crippen molar-refractivity contribution in [2.75, 3.05) is 6.61 Å². The van der Waals surface area contributed by atoms with Gasteiger partial charge in [0.05, 0.1) is 42.7 Å². The lowest BCUT2D eigenvalue weighted by atomic mass is 9.88. The average Bonchev–Trinajstić information content (AvgIpc) is 2.92. The van der Waals surface area contributed by atoms with Gasteiger partial charge in [0, 0.05) is 24.6 Å². The predicted molar refractivity (Wildman–Crippen MR) is 96.6 cm³/mol. The van der Waals surface area contributed by atoms with Crippen LogP contribution in [0.1, 0.15) is 57.7 Å². The van der Waals surface area contributed by atoms with Crippen molar-refractivity contribution in [3.8, 4) is 0 Å². The maximum absolute atomic E-state index is 10.9. The molecule has 0 bridgehead atoms. The first kappa shape index (κ1) is 19.1. The number of hydrogen-bond acceptors (Lipinski definition) is 5. The Balaban J connectivity index is 1.88. The highest BCUT2D eigenvalue weighted by atomic mass is 32.1. The Hall–Kier alpha value is -0.273. The van der Waals surface area contributed by atoms with Gasteiger partial charge in [-0.2, -0.15) is 0 Å². The number of rotatable bonds is 7. The maximum Gasteiger partial charge on any atom is 0.301 e. The van der Waals surface area contributed by atoms with Gasteiger partial charge in [0.25, 0.3) is 0 Å². The van der Waals surface area contributed by atoms with E-state index in [-0.39, 0.29) is 12.2 Å². The van der Waals surface area contributed by atoms with Crippen LogP contribution in [-0.4, -0.2) is 38.4 Å². The molecular formula is C17H30NO3SSi+. The first-order valence-corrected chi connectivity index (χ1v) is 11.1. The highest BCUT2D eigenvalue weighted by Crippen LogP contribution is 2.38. The Bertz CT molecular complexity index is 496. The lowest BCUT2D eigenvalue weighted by Gasteiger charge is -2.37. The Morgan fingerprint density at radius 1 is 1.43 bits per heavy atom. The minimum Gasteiger partial charge on any atom is -0.382 e. The molecule has 2 atom stereocenters. The molecule has 1 N–H and O–H groups in total. The van der Waals surface area contributed by atoms with Gasteiger partial charge in [0.1, 0.15) is 10.6 Å². The normalized spacial score (nSPS) is 28.8. The summed E-state index contributed by atoms with van der Waals surface area (Å²) in [5.41, 5.74) is 0.0694. The summed E-state index contributed by atoms with van der Waals surface area (Å²) >= 11 is 1.53. The third kappa shape index (κ3) is 5.36. The third-order valence-corrected chi connectivity index (χ3v) is 7.52. The van der Waals surface area contributed by atoms with Gasteiger partial charge in [0.15, 0.2) is 0 Å². The fraction of sp³-hybridized carbons (Fsp3) is 0.824. The van der Waals surface area contributed by atoms with Crippen LogP contribution >= 0.6 is 11.3 Å². The van der Waals surface area contributed by atoms with Gasteiger partial charge in [-0.05, 0) is 27.7 Å². The van der Waals surface area contributed by atoms with Gasteiger partial charge in [-0.1, -0.05) is 0 Å². The monoisotopic (exact) mass is 356 g/mol. The molecule has 4 nitrogen and oxygen atoms in total. The lowest BCUT2D eigenvalue weighted by Crippen LogP contribution is -2.41. The summed E-state index contributed by atoms with van der Waals surface area (Å²) in [6, 6.07) is 0. The number of nitrogens with zero attached hydrogens (tertiary/aromatic N) is 1. The van der Waals surface area contributed by atoms with Gasteiger partial charge in [-0.25, -0.2) is 4.98 Å². The number of aromatic nitrogens is 1. The van der Waals surface area contributed by atoms with Gasteiger partial charge in [-0.3, -0.25) is 0 Å². The van der Waals surface area contributed by atoms with Crippen molar-refractivity contribution in [2.24, 2.45) is 0 Å². The zero-order valence-electron chi connectivity index (χ0n) is 15.0. The standard InChI is InChI=1S/C17H30NO3SSi/c1-12-8-17(19,9-13(2)21-12)15-18-14(11-22-15)10-20-7-6-16(3,4)23-5/h11-13,19,23H,6-10H2,1-5H3/q+1. The summed E-state index contributed by atoms with van der Waals surface area (Å²) in [6.45, 7) is 12.2. The molecular weight excluding hydrogens is 326 g/mol. The molecule has 1 aliphatic heterocycles. The molecule has 6 heteroatoms. The summed E-state index contributed by atoms with van der Waals surface area (Å²) in [4.78, 5) is 4.62. The van der Waals surface area contributed by atoms with Crippen LogP contribution in [0.4, 0.5) is 0 Å². The van der Waals surface area contributed by atoms with Crippen molar-refractivity contribution in [3.05, 3.63) is 16.1 Å². The van der Waals surface area contributed by atoms with Gasteiger partial charge >= 0.3 is 9.52 Å². The van der Waals surface area contributed by atoms with E-state index >= 15 is 0 Å². The second-order valence-corrected chi connectivity index (χ2v) is 10.4. The molecule has 1 aromatic rings. The molecule has 1 saturated heterocycles. The van der Waals surface area contributed by atoms with Crippen LogP contribution in [0.5, 0.6) is 0 Å². The Labute approximate surface area is 146 Å². The molecule has 2 unspecified atom stereocenters. The smallest absolute Gasteiger partial charge is 0.301 e. The molecule has 1 aliphatic rings. The third-order valence-electron chi connectivity index (χ3n) is 4.59. The van der Waals surface area contributed by atoms with Crippen LogP contribution in [0.2, 0.25) is 11.6 Å². The molecule has 0 amide bonds. The highest BCUT2D eigenvalue weighted by molar-refractivity contribution is 7.09. The summed E-state index contributed by atoms with van der Waals surface area (Å²) in [5, 5.41) is 14.2. The number of aliphatic hydroxyl groups is 1. The van der Waals surface area contributed by atoms with Crippen LogP contribution in [0.15, 0.2) is 5.38 Å². The topological polar surface area (TPSA) is 51.6 Å². The van der Waals surface area contributed by atoms with Crippen LogP contribution in [0.25, 0.3) is 0 Å². The number of thiazole rings is 1. The molecule has 0 spiro atoms. The average molecular weight is 357 g/mol. The quantitative estimate of drug-likeness (QED) is 0.600. The second kappa shape index (κ2) is 7.74. The SMILES string of the molecule is C[SiH+]C(C)(C)CCOCc1csc(C2(O)CC(C)OC(C)C2)n1. The Morgan fingerprint density at radius 3 is 2.70 bits per heavy atom. The molecule has 2 rings (SSSR count). The fourth-order valence-electron chi connectivity index (χ4n) is 2.95. The second-order valence-electron chi connectivity index (χ2n) is 7.42. The first-order valence-electron chi connectivity index (χ1n) is 8.45. The molecule has 23 heavy (non-hydrogen) atoms. The predicted octanol–water partition coefficient (Wildman–Crippen LogP) is 3.51. The maximum atomic E-state index is 10.9. The van der Waals surface area contributed by atoms with Gasteiger partial charge in [0.2, 0.25) is 0 Å². The van der Waals surface area contributed by atoms with E-state index in [9.17, 15) is 5.11 Å². The molecule has 0 aliphatic carbocycles. The van der Waals surface area contributed by atoms with E-state index in [1.165, 1.54) is 11.3 Å². The van der Waals surface area contributed by atoms with Crippen LogP contribution in [0.3, 0.4) is 0 Å². The molecule has 2 heterocycles. The van der Waals surface area contributed by atoms with Crippen LogP contribution < -0.4 is 0 Å². The van der Waals surface area contributed by atoms with E-state index in [0.717, 1.165) is 23.7 Å². The molecule has 1 fully saturated rings. The molecule has 130 valence electrons. The van der Waals surface area contributed by atoms with Crippen molar-refractivity contribution in [1.29, 1.82) is 0 Å². The molecule has 0 saturated carbocycles. The highest BCUT2D eigenvalue weighted by Gasteiger charge is 2.40. The summed E-state index contributed by atoms with van der Waals surface area (Å²) in [7, 11) is 0.453. The van der Waals surface area contributed by atoms with E-state index in [1.807, 2.05) is 19.2 Å². The minimum atomic E-state index is -0.854.